The predicted molar refractivity (Wildman–Crippen MR) is 118 cm³/mol. The summed E-state index contributed by atoms with van der Waals surface area (Å²) in [6, 6.07) is 17.5. The van der Waals surface area contributed by atoms with Gasteiger partial charge in [-0.3, -0.25) is 9.36 Å². The van der Waals surface area contributed by atoms with E-state index in [2.05, 4.69) is 4.98 Å². The van der Waals surface area contributed by atoms with Gasteiger partial charge in [0.15, 0.2) is 0 Å². The van der Waals surface area contributed by atoms with Gasteiger partial charge in [-0.25, -0.2) is 4.79 Å². The van der Waals surface area contributed by atoms with Gasteiger partial charge in [0.1, 0.15) is 11.0 Å². The van der Waals surface area contributed by atoms with E-state index in [-0.39, 0.29) is 41.3 Å². The van der Waals surface area contributed by atoms with Gasteiger partial charge in [-0.15, -0.1) is 0 Å². The van der Waals surface area contributed by atoms with Crippen molar-refractivity contribution in [2.45, 2.75) is 13.8 Å². The molecular weight excluding hydrogens is 417 g/mol. The monoisotopic (exact) mass is 441 g/mol. The molecule has 0 radical (unpaired) electrons. The van der Waals surface area contributed by atoms with E-state index in [1.54, 1.807) is 68.4 Å². The van der Waals surface area contributed by atoms with Crippen LogP contribution in [-0.2, 0) is 18.3 Å². The van der Waals surface area contributed by atoms with Crippen LogP contribution >= 0.6 is 7.60 Å². The van der Waals surface area contributed by atoms with Crippen molar-refractivity contribution in [1.29, 1.82) is 0 Å². The summed E-state index contributed by atoms with van der Waals surface area (Å²) in [5, 5.41) is 0. The number of aromatic nitrogens is 1. The van der Waals surface area contributed by atoms with Crippen LogP contribution in [0.15, 0.2) is 60.7 Å². The van der Waals surface area contributed by atoms with Gasteiger partial charge >= 0.3 is 13.6 Å². The molecule has 1 aromatic heterocycles. The van der Waals surface area contributed by atoms with Gasteiger partial charge in [0, 0.05) is 11.1 Å². The van der Waals surface area contributed by atoms with Crippen LogP contribution in [0.25, 0.3) is 11.1 Å². The summed E-state index contributed by atoms with van der Waals surface area (Å²) >= 11 is 0. The molecule has 3 aromatic rings. The number of carbonyl (C=O) groups is 2. The number of hydrogen-bond acceptors (Lipinski definition) is 6. The van der Waals surface area contributed by atoms with Crippen molar-refractivity contribution in [3.63, 3.8) is 0 Å². The molecule has 7 nitrogen and oxygen atoms in total. The lowest BCUT2D eigenvalue weighted by Gasteiger charge is -2.17. The number of H-pyrrole nitrogens is 1. The molecule has 0 atom stereocenters. The molecule has 0 aliphatic rings. The molecule has 0 spiro atoms. The summed E-state index contributed by atoms with van der Waals surface area (Å²) in [6.45, 7) is 3.50. The fourth-order valence-electron chi connectivity index (χ4n) is 3.30. The van der Waals surface area contributed by atoms with Crippen molar-refractivity contribution < 1.29 is 27.9 Å². The van der Waals surface area contributed by atoms with Gasteiger partial charge in [-0.1, -0.05) is 60.7 Å². The van der Waals surface area contributed by atoms with Crippen LogP contribution in [-0.4, -0.2) is 37.1 Å². The highest BCUT2D eigenvalue weighted by Gasteiger charge is 2.39. The molecule has 0 saturated carbocycles. The van der Waals surface area contributed by atoms with E-state index < -0.39 is 13.6 Å². The third-order valence-corrected chi connectivity index (χ3v) is 6.65. The maximum absolute atomic E-state index is 13.6. The lowest BCUT2D eigenvalue weighted by molar-refractivity contribution is 0.0602. The Morgan fingerprint density at radius 2 is 1.45 bits per heavy atom. The van der Waals surface area contributed by atoms with Crippen molar-refractivity contribution >= 4 is 24.8 Å². The smallest absolute Gasteiger partial charge is 0.378 e. The van der Waals surface area contributed by atoms with E-state index in [4.69, 9.17) is 13.8 Å². The molecule has 0 bridgehead atoms. The number of hydrogen-bond donors (Lipinski definition) is 1. The van der Waals surface area contributed by atoms with E-state index >= 15 is 0 Å². The second kappa shape index (κ2) is 9.88. The van der Waals surface area contributed by atoms with E-state index in [0.717, 1.165) is 0 Å². The number of methoxy groups -OCH3 is 1. The molecule has 8 heteroatoms. The summed E-state index contributed by atoms with van der Waals surface area (Å²) in [4.78, 5) is 29.2. The quantitative estimate of drug-likeness (QED) is 0.297. The number of nitrogens with one attached hydrogen (secondary N) is 1. The van der Waals surface area contributed by atoms with Crippen LogP contribution in [0.4, 0.5) is 0 Å². The van der Waals surface area contributed by atoms with Crippen molar-refractivity contribution in [3.8, 4) is 11.1 Å². The van der Waals surface area contributed by atoms with E-state index in [1.807, 2.05) is 6.07 Å². The number of ether oxygens (including phenoxy) is 1. The molecule has 3 rings (SSSR count). The highest BCUT2D eigenvalue weighted by molar-refractivity contribution is 7.62. The summed E-state index contributed by atoms with van der Waals surface area (Å²) in [7, 11) is -2.72. The Balaban J connectivity index is 2.37. The van der Waals surface area contributed by atoms with Crippen molar-refractivity contribution in [3.05, 3.63) is 77.5 Å². The topological polar surface area (TPSA) is 94.7 Å². The molecule has 31 heavy (non-hydrogen) atoms. The third kappa shape index (κ3) is 4.54. The summed E-state index contributed by atoms with van der Waals surface area (Å²) in [5.74, 6) is -1.12. The Hall–Kier alpha value is -2.99. The molecule has 1 N–H and O–H groups in total. The van der Waals surface area contributed by atoms with Gasteiger partial charge < -0.3 is 18.8 Å². The highest BCUT2D eigenvalue weighted by Crippen LogP contribution is 2.49. The van der Waals surface area contributed by atoms with Gasteiger partial charge in [0.25, 0.3) is 0 Å². The lowest BCUT2D eigenvalue weighted by atomic mass is 9.97. The van der Waals surface area contributed by atoms with Gasteiger partial charge in [0.2, 0.25) is 5.78 Å². The summed E-state index contributed by atoms with van der Waals surface area (Å²) in [5.41, 5.74) is 1.25. The molecule has 0 amide bonds. The van der Waals surface area contributed by atoms with Gasteiger partial charge in [0.05, 0.1) is 26.0 Å². The number of esters is 1. The van der Waals surface area contributed by atoms with Crippen molar-refractivity contribution in [2.75, 3.05) is 20.3 Å². The second-order valence-electron chi connectivity index (χ2n) is 6.48. The lowest BCUT2D eigenvalue weighted by Crippen LogP contribution is -2.20. The van der Waals surface area contributed by atoms with Crippen LogP contribution < -0.4 is 5.44 Å². The number of carbonyl (C=O) groups excluding carboxylic acids is 2. The minimum atomic E-state index is -3.94. The Bertz CT molecular complexity index is 1100. The first-order chi connectivity index (χ1) is 15.0. The van der Waals surface area contributed by atoms with Crippen LogP contribution in [0.1, 0.15) is 40.3 Å². The molecule has 0 aliphatic heterocycles. The molecule has 0 unspecified atom stereocenters. The Morgan fingerprint density at radius 3 is 1.97 bits per heavy atom. The van der Waals surface area contributed by atoms with E-state index in [0.29, 0.717) is 11.1 Å². The van der Waals surface area contributed by atoms with Crippen molar-refractivity contribution in [2.24, 2.45) is 0 Å². The van der Waals surface area contributed by atoms with Gasteiger partial charge in [-0.05, 0) is 19.4 Å². The van der Waals surface area contributed by atoms with Crippen LogP contribution in [0.3, 0.4) is 0 Å². The number of rotatable bonds is 9. The molecule has 1 heterocycles. The fraction of sp³-hybridized carbons (Fsp3) is 0.217. The highest BCUT2D eigenvalue weighted by atomic mass is 31.2. The maximum atomic E-state index is 13.6. The van der Waals surface area contributed by atoms with E-state index in [9.17, 15) is 14.2 Å². The standard InChI is InChI=1S/C23H24NO6P/c1-4-29-31(27,30-5-2)22-19(23(26)28-3)18(16-12-8-6-9-13-16)20(24-22)21(25)17-14-10-7-11-15-17/h6-15,24H,4-5H2,1-3H3. The first kappa shape index (κ1) is 22.7. The molecule has 0 aliphatic carbocycles. The first-order valence-corrected chi connectivity index (χ1v) is 11.4. The van der Waals surface area contributed by atoms with Crippen molar-refractivity contribution in [1.82, 2.24) is 4.98 Å². The SMILES string of the molecule is CCOP(=O)(OCC)c1[nH]c(C(=O)c2ccccc2)c(-c2ccccc2)c1C(=O)OC. The van der Waals surface area contributed by atoms with Crippen LogP contribution in [0.2, 0.25) is 0 Å². The normalized spacial score (nSPS) is 11.3. The Kier molecular flexibility index (Phi) is 7.23. The molecule has 2 aromatic carbocycles. The van der Waals surface area contributed by atoms with Gasteiger partial charge in [-0.2, -0.15) is 0 Å². The predicted octanol–water partition coefficient (Wildman–Crippen LogP) is 4.59. The Morgan fingerprint density at radius 1 is 0.903 bits per heavy atom. The Labute approximate surface area is 180 Å². The molecule has 0 saturated heterocycles. The van der Waals surface area contributed by atoms with Crippen LogP contribution in [0.5, 0.6) is 0 Å². The zero-order valence-electron chi connectivity index (χ0n) is 17.6. The number of aromatic amines is 1. The third-order valence-electron chi connectivity index (χ3n) is 4.57. The zero-order chi connectivity index (χ0) is 22.4. The molecule has 162 valence electrons. The fourth-order valence-corrected chi connectivity index (χ4v) is 5.04. The molecular formula is C23H24NO6P. The average Bonchev–Trinajstić information content (AvgIpc) is 3.21. The molecule has 0 fully saturated rings. The summed E-state index contributed by atoms with van der Waals surface area (Å²) in [6.07, 6.45) is 0. The average molecular weight is 441 g/mol. The minimum Gasteiger partial charge on any atom is -0.465 e. The number of ketones is 1. The second-order valence-corrected chi connectivity index (χ2v) is 8.44. The van der Waals surface area contributed by atoms with E-state index in [1.165, 1.54) is 7.11 Å². The number of benzene rings is 2. The largest absolute Gasteiger partial charge is 0.465 e. The first-order valence-electron chi connectivity index (χ1n) is 9.85. The minimum absolute atomic E-state index is 0.0433. The summed E-state index contributed by atoms with van der Waals surface area (Å²) < 4.78 is 29.5. The zero-order valence-corrected chi connectivity index (χ0v) is 18.5. The van der Waals surface area contributed by atoms with Crippen LogP contribution in [0, 0.1) is 0 Å². The maximum Gasteiger partial charge on any atom is 0.378 e.